The molecule has 5 nitrogen and oxygen atoms in total. The molecule has 0 N–H and O–H groups in total. The van der Waals surface area contributed by atoms with Crippen molar-refractivity contribution >= 4 is 5.97 Å². The molecule has 0 fully saturated rings. The summed E-state index contributed by atoms with van der Waals surface area (Å²) < 4.78 is 9.43. The summed E-state index contributed by atoms with van der Waals surface area (Å²) in [6, 6.07) is 0. The number of methoxy groups -OCH3 is 1. The van der Waals surface area contributed by atoms with Crippen LogP contribution in [-0.2, 0) is 24.0 Å². The molecule has 0 saturated heterocycles. The van der Waals surface area contributed by atoms with Crippen LogP contribution in [0.2, 0.25) is 0 Å². The molecule has 0 radical (unpaired) electrons. The van der Waals surface area contributed by atoms with E-state index in [1.165, 1.54) is 7.11 Å². The van der Waals surface area contributed by atoms with Gasteiger partial charge >= 0.3 is 5.97 Å². The van der Waals surface area contributed by atoms with Gasteiger partial charge in [-0.05, 0) is 13.8 Å². The molecule has 0 saturated carbocycles. The highest BCUT2D eigenvalue weighted by Gasteiger charge is 2.06. The minimum absolute atomic E-state index is 0.104. The predicted molar refractivity (Wildman–Crippen MR) is 40.1 cm³/mol. The molecule has 12 heavy (non-hydrogen) atoms. The molecule has 0 amide bonds. The van der Waals surface area contributed by atoms with Crippen LogP contribution in [0.15, 0.2) is 0 Å². The molecule has 0 aromatic rings. The monoisotopic (exact) mass is 178 g/mol. The zero-order chi connectivity index (χ0) is 9.40. The van der Waals surface area contributed by atoms with Crippen LogP contribution in [0, 0.1) is 0 Å². The van der Waals surface area contributed by atoms with E-state index in [1.54, 1.807) is 13.8 Å². The number of hydrogen-bond donors (Lipinski definition) is 0. The molecule has 1 unspecified atom stereocenters. The van der Waals surface area contributed by atoms with Crippen molar-refractivity contribution in [2.24, 2.45) is 0 Å². The van der Waals surface area contributed by atoms with Crippen LogP contribution in [0.3, 0.4) is 0 Å². The van der Waals surface area contributed by atoms with E-state index in [2.05, 4.69) is 14.5 Å². The van der Waals surface area contributed by atoms with Gasteiger partial charge in [-0.25, -0.2) is 4.79 Å². The summed E-state index contributed by atoms with van der Waals surface area (Å²) in [5, 5.41) is 0. The first-order chi connectivity index (χ1) is 5.70. The Bertz CT molecular complexity index is 125. The van der Waals surface area contributed by atoms with Gasteiger partial charge in [0.2, 0.25) is 0 Å². The fraction of sp³-hybridized carbons (Fsp3) is 0.857. The Morgan fingerprint density at radius 3 is 2.67 bits per heavy atom. The average molecular weight is 178 g/mol. The number of ether oxygens (including phenoxy) is 2. The molecule has 0 bridgehead atoms. The van der Waals surface area contributed by atoms with Crippen molar-refractivity contribution in [3.05, 3.63) is 0 Å². The summed E-state index contributed by atoms with van der Waals surface area (Å²) in [6.07, 6.45) is -0.560. The summed E-state index contributed by atoms with van der Waals surface area (Å²) >= 11 is 0. The third kappa shape index (κ3) is 6.09. The minimum Gasteiger partial charge on any atom is -0.370 e. The maximum absolute atomic E-state index is 10.7. The Morgan fingerprint density at radius 2 is 2.17 bits per heavy atom. The van der Waals surface area contributed by atoms with Gasteiger partial charge < -0.3 is 9.47 Å². The fourth-order valence-corrected chi connectivity index (χ4v) is 0.370. The number of carbonyl (C=O) groups excluding carboxylic acids is 1. The minimum atomic E-state index is -0.569. The first kappa shape index (κ1) is 11.4. The SMILES string of the molecule is CCOCC(=O)OOC(C)OC. The van der Waals surface area contributed by atoms with Crippen molar-refractivity contribution in [1.82, 2.24) is 0 Å². The lowest BCUT2D eigenvalue weighted by atomic mass is 10.7. The van der Waals surface area contributed by atoms with Gasteiger partial charge in [0, 0.05) is 13.7 Å². The average Bonchev–Trinajstić information content (AvgIpc) is 2.10. The number of hydrogen-bond acceptors (Lipinski definition) is 5. The molecule has 1 atom stereocenters. The molecule has 0 rings (SSSR count). The lowest BCUT2D eigenvalue weighted by molar-refractivity contribution is -0.343. The molecule has 0 aromatic heterocycles. The van der Waals surface area contributed by atoms with E-state index in [0.29, 0.717) is 6.61 Å². The number of carbonyl (C=O) groups is 1. The highest BCUT2D eigenvalue weighted by Crippen LogP contribution is 1.92. The Kier molecular flexibility index (Phi) is 6.64. The van der Waals surface area contributed by atoms with Gasteiger partial charge in [0.15, 0.2) is 6.29 Å². The normalized spacial score (nSPS) is 12.6. The van der Waals surface area contributed by atoms with Crippen molar-refractivity contribution in [3.63, 3.8) is 0 Å². The van der Waals surface area contributed by atoms with Crippen molar-refractivity contribution in [2.75, 3.05) is 20.3 Å². The molecule has 0 aliphatic rings. The van der Waals surface area contributed by atoms with Crippen LogP contribution < -0.4 is 0 Å². The van der Waals surface area contributed by atoms with E-state index in [9.17, 15) is 4.79 Å². The summed E-state index contributed by atoms with van der Waals surface area (Å²) in [7, 11) is 1.45. The molecule has 0 spiro atoms. The van der Waals surface area contributed by atoms with Crippen molar-refractivity contribution in [2.45, 2.75) is 20.1 Å². The van der Waals surface area contributed by atoms with E-state index in [0.717, 1.165) is 0 Å². The first-order valence-corrected chi connectivity index (χ1v) is 3.67. The van der Waals surface area contributed by atoms with E-state index >= 15 is 0 Å². The van der Waals surface area contributed by atoms with E-state index < -0.39 is 12.3 Å². The van der Waals surface area contributed by atoms with Gasteiger partial charge in [-0.2, -0.15) is 4.89 Å². The topological polar surface area (TPSA) is 54.0 Å². The summed E-state index contributed by atoms with van der Waals surface area (Å²) in [4.78, 5) is 19.5. The first-order valence-electron chi connectivity index (χ1n) is 3.67. The predicted octanol–water partition coefficient (Wildman–Crippen LogP) is 0.490. The highest BCUT2D eigenvalue weighted by atomic mass is 17.2. The molecule has 5 heteroatoms. The zero-order valence-electron chi connectivity index (χ0n) is 7.53. The fourth-order valence-electron chi connectivity index (χ4n) is 0.370. The third-order valence-corrected chi connectivity index (χ3v) is 1.03. The summed E-state index contributed by atoms with van der Waals surface area (Å²) in [5.74, 6) is -0.569. The van der Waals surface area contributed by atoms with Gasteiger partial charge in [0.05, 0.1) is 0 Å². The second kappa shape index (κ2) is 7.02. The maximum atomic E-state index is 10.7. The van der Waals surface area contributed by atoms with Gasteiger partial charge in [-0.1, -0.05) is 0 Å². The van der Waals surface area contributed by atoms with Crippen LogP contribution in [-0.4, -0.2) is 32.6 Å². The molecule has 0 aliphatic carbocycles. The molecule has 0 aromatic carbocycles. The van der Waals surface area contributed by atoms with Gasteiger partial charge in [0.1, 0.15) is 6.61 Å². The molecular weight excluding hydrogens is 164 g/mol. The Morgan fingerprint density at radius 1 is 1.50 bits per heavy atom. The highest BCUT2D eigenvalue weighted by molar-refractivity contribution is 5.69. The quantitative estimate of drug-likeness (QED) is 0.336. The van der Waals surface area contributed by atoms with Gasteiger partial charge in [0.25, 0.3) is 0 Å². The van der Waals surface area contributed by atoms with Crippen LogP contribution in [0.5, 0.6) is 0 Å². The molecular formula is C7H14O5. The van der Waals surface area contributed by atoms with Gasteiger partial charge in [-0.15, -0.1) is 0 Å². The Labute approximate surface area is 71.5 Å². The van der Waals surface area contributed by atoms with Crippen molar-refractivity contribution in [1.29, 1.82) is 0 Å². The summed E-state index contributed by atoms with van der Waals surface area (Å²) in [5.41, 5.74) is 0. The maximum Gasteiger partial charge on any atom is 0.367 e. The van der Waals surface area contributed by atoms with Gasteiger partial charge in [-0.3, -0.25) is 4.89 Å². The van der Waals surface area contributed by atoms with E-state index in [1.807, 2.05) is 0 Å². The smallest absolute Gasteiger partial charge is 0.367 e. The Balaban J connectivity index is 3.31. The van der Waals surface area contributed by atoms with Crippen LogP contribution >= 0.6 is 0 Å². The second-order valence-corrected chi connectivity index (χ2v) is 1.99. The van der Waals surface area contributed by atoms with Crippen LogP contribution in [0.4, 0.5) is 0 Å². The summed E-state index contributed by atoms with van der Waals surface area (Å²) in [6.45, 7) is 3.75. The van der Waals surface area contributed by atoms with Crippen LogP contribution in [0.1, 0.15) is 13.8 Å². The Hall–Kier alpha value is -0.650. The molecule has 72 valence electrons. The third-order valence-electron chi connectivity index (χ3n) is 1.03. The van der Waals surface area contributed by atoms with E-state index in [-0.39, 0.29) is 6.61 Å². The standard InChI is InChI=1S/C7H14O5/c1-4-10-5-7(8)12-11-6(2)9-3/h6H,4-5H2,1-3H3. The molecule has 0 heterocycles. The second-order valence-electron chi connectivity index (χ2n) is 1.99. The molecule has 0 aliphatic heterocycles. The van der Waals surface area contributed by atoms with Crippen molar-refractivity contribution < 1.29 is 24.0 Å². The lowest BCUT2D eigenvalue weighted by Crippen LogP contribution is -2.18. The van der Waals surface area contributed by atoms with Crippen LogP contribution in [0.25, 0.3) is 0 Å². The largest absolute Gasteiger partial charge is 0.370 e. The van der Waals surface area contributed by atoms with Crippen molar-refractivity contribution in [3.8, 4) is 0 Å². The van der Waals surface area contributed by atoms with E-state index in [4.69, 9.17) is 4.74 Å². The lowest BCUT2D eigenvalue weighted by Gasteiger charge is -2.08. The number of rotatable bonds is 6. The zero-order valence-corrected chi connectivity index (χ0v) is 7.53.